The van der Waals surface area contributed by atoms with Crippen LogP contribution in [0, 0.1) is 17.2 Å². The van der Waals surface area contributed by atoms with Crippen molar-refractivity contribution < 1.29 is 23.1 Å². The maximum atomic E-state index is 13.4. The van der Waals surface area contributed by atoms with Gasteiger partial charge in [-0.2, -0.15) is 9.57 Å². The van der Waals surface area contributed by atoms with E-state index in [0.717, 1.165) is 20.8 Å². The second kappa shape index (κ2) is 13.2. The minimum Gasteiger partial charge on any atom is -0.480 e. The number of carboxylic acids is 1. The number of nitriles is 1. The Labute approximate surface area is 223 Å². The molecule has 38 heavy (non-hydrogen) atoms. The molecule has 1 atom stereocenters. The van der Waals surface area contributed by atoms with Gasteiger partial charge in [0, 0.05) is 36.6 Å². The number of rotatable bonds is 14. The molecule has 9 nitrogen and oxygen atoms in total. The molecular formula is C28H34N4O5S. The summed E-state index contributed by atoms with van der Waals surface area (Å²) in [6.07, 6.45) is 3.92. The number of carboxylic acid groups (broad SMARTS) is 1. The number of nitrogens with zero attached hydrogens (tertiary/aromatic N) is 2. The Hall–Kier alpha value is -3.68. The smallest absolute Gasteiger partial charge is 0.322 e. The zero-order chi connectivity index (χ0) is 27.7. The molecule has 1 heterocycles. The number of hydrogen-bond acceptors (Lipinski definition) is 5. The van der Waals surface area contributed by atoms with Crippen molar-refractivity contribution in [2.75, 3.05) is 13.1 Å². The number of fused-ring (bicyclic) bond motifs is 1. The van der Waals surface area contributed by atoms with Gasteiger partial charge in [0.25, 0.3) is 0 Å². The fourth-order valence-electron chi connectivity index (χ4n) is 4.35. The summed E-state index contributed by atoms with van der Waals surface area (Å²) in [6.45, 7) is 4.08. The normalized spacial score (nSPS) is 12.5. The number of H-pyrrole nitrogens is 1. The van der Waals surface area contributed by atoms with Crippen molar-refractivity contribution in [3.05, 3.63) is 65.9 Å². The first kappa shape index (κ1) is 28.9. The summed E-state index contributed by atoms with van der Waals surface area (Å²) < 4.78 is 27.8. The lowest BCUT2D eigenvalue weighted by atomic mass is 10.1. The number of aliphatic carboxylic acids is 1. The third-order valence-electron chi connectivity index (χ3n) is 6.29. The monoisotopic (exact) mass is 538 g/mol. The average Bonchev–Trinajstić information content (AvgIpc) is 3.31. The van der Waals surface area contributed by atoms with E-state index in [1.807, 2.05) is 50.4 Å². The third kappa shape index (κ3) is 7.43. The standard InChI is InChI=1S/C28H34N4O5S/c1-20(2)19-32(38(36,37)23-13-10-21(17-29)11-14-23)26(28(34)35)9-5-6-16-30-27(33)15-12-22-18-31-25-8-4-3-7-24(22)25/h3-4,7-8,10-11,13-14,18,20,26,31H,5-6,9,12,15-16,19H2,1-2H3,(H,30,33)(H,34,35)/t26-/m0/s1. The highest BCUT2D eigenvalue weighted by atomic mass is 32.2. The number of aryl methyl sites for hydroxylation is 1. The zero-order valence-electron chi connectivity index (χ0n) is 21.7. The minimum absolute atomic E-state index is 0.0455. The minimum atomic E-state index is -4.10. The number of amides is 1. The first-order valence-corrected chi connectivity index (χ1v) is 14.1. The topological polar surface area (TPSA) is 143 Å². The molecule has 3 N–H and O–H groups in total. The number of nitrogens with one attached hydrogen (secondary N) is 2. The number of aromatic nitrogens is 1. The number of unbranched alkanes of at least 4 members (excludes halogenated alkanes) is 1. The van der Waals surface area contributed by atoms with Crippen molar-refractivity contribution in [3.63, 3.8) is 0 Å². The lowest BCUT2D eigenvalue weighted by molar-refractivity contribution is -0.142. The van der Waals surface area contributed by atoms with Crippen molar-refractivity contribution >= 4 is 32.8 Å². The fourth-order valence-corrected chi connectivity index (χ4v) is 6.12. The lowest BCUT2D eigenvalue weighted by Crippen LogP contribution is -2.46. The van der Waals surface area contributed by atoms with Crippen molar-refractivity contribution in [1.82, 2.24) is 14.6 Å². The summed E-state index contributed by atoms with van der Waals surface area (Å²) >= 11 is 0. The van der Waals surface area contributed by atoms with Crippen LogP contribution < -0.4 is 5.32 Å². The molecule has 3 rings (SSSR count). The molecule has 1 amide bonds. The molecule has 0 fully saturated rings. The van der Waals surface area contributed by atoms with Crippen LogP contribution >= 0.6 is 0 Å². The van der Waals surface area contributed by atoms with Gasteiger partial charge in [-0.25, -0.2) is 8.42 Å². The first-order chi connectivity index (χ1) is 18.1. The maximum Gasteiger partial charge on any atom is 0.322 e. The van der Waals surface area contributed by atoms with Crippen molar-refractivity contribution in [1.29, 1.82) is 5.26 Å². The van der Waals surface area contributed by atoms with Crippen LogP contribution in [0.3, 0.4) is 0 Å². The molecule has 202 valence electrons. The predicted molar refractivity (Wildman–Crippen MR) is 145 cm³/mol. The summed E-state index contributed by atoms with van der Waals surface area (Å²) in [6, 6.07) is 14.1. The molecule has 0 bridgehead atoms. The Morgan fingerprint density at radius 1 is 1.11 bits per heavy atom. The Morgan fingerprint density at radius 2 is 1.82 bits per heavy atom. The van der Waals surface area contributed by atoms with Gasteiger partial charge in [-0.3, -0.25) is 9.59 Å². The summed E-state index contributed by atoms with van der Waals surface area (Å²) in [4.78, 5) is 27.6. The molecule has 0 saturated heterocycles. The van der Waals surface area contributed by atoms with E-state index in [4.69, 9.17) is 5.26 Å². The Balaban J connectivity index is 1.54. The van der Waals surface area contributed by atoms with Crippen LogP contribution in [0.15, 0.2) is 59.6 Å². The van der Waals surface area contributed by atoms with Gasteiger partial charge in [-0.05, 0) is 67.5 Å². The van der Waals surface area contributed by atoms with E-state index in [2.05, 4.69) is 10.3 Å². The Morgan fingerprint density at radius 3 is 2.47 bits per heavy atom. The summed E-state index contributed by atoms with van der Waals surface area (Å²) in [5.74, 6) is -1.40. The maximum absolute atomic E-state index is 13.4. The van der Waals surface area contributed by atoms with Crippen LogP contribution in [0.4, 0.5) is 0 Å². The third-order valence-corrected chi connectivity index (χ3v) is 8.18. The van der Waals surface area contributed by atoms with E-state index >= 15 is 0 Å². The molecule has 2 aromatic carbocycles. The largest absolute Gasteiger partial charge is 0.480 e. The zero-order valence-corrected chi connectivity index (χ0v) is 22.5. The van der Waals surface area contributed by atoms with Crippen molar-refractivity contribution in [2.24, 2.45) is 5.92 Å². The SMILES string of the molecule is CC(C)CN([C@@H](CCCCNC(=O)CCc1c[nH]c2ccccc12)C(=O)O)S(=O)(=O)c1ccc(C#N)cc1. The molecule has 0 saturated carbocycles. The Bertz CT molecular complexity index is 1390. The fraction of sp³-hybridized carbons (Fsp3) is 0.393. The number of carbonyl (C=O) groups is 2. The number of aromatic amines is 1. The van der Waals surface area contributed by atoms with Gasteiger partial charge >= 0.3 is 5.97 Å². The highest BCUT2D eigenvalue weighted by Gasteiger charge is 2.36. The Kier molecular flexibility index (Phi) is 10.0. The molecule has 1 aromatic heterocycles. The van der Waals surface area contributed by atoms with Crippen molar-refractivity contribution in [2.45, 2.75) is 56.9 Å². The van der Waals surface area contributed by atoms with E-state index in [-0.39, 0.29) is 29.7 Å². The second-order valence-electron chi connectivity index (χ2n) is 9.66. The number of hydrogen-bond donors (Lipinski definition) is 3. The second-order valence-corrected chi connectivity index (χ2v) is 11.6. The van der Waals surface area contributed by atoms with Crippen LogP contribution in [0.5, 0.6) is 0 Å². The highest BCUT2D eigenvalue weighted by molar-refractivity contribution is 7.89. The summed E-state index contributed by atoms with van der Waals surface area (Å²) in [5.41, 5.74) is 2.43. The molecule has 0 spiro atoms. The van der Waals surface area contributed by atoms with Gasteiger partial charge in [0.05, 0.1) is 16.5 Å². The molecule has 0 unspecified atom stereocenters. The molecule has 0 aliphatic rings. The van der Waals surface area contributed by atoms with Gasteiger partial charge < -0.3 is 15.4 Å². The van der Waals surface area contributed by atoms with E-state index < -0.39 is 22.0 Å². The van der Waals surface area contributed by atoms with Crippen LogP contribution in [0.25, 0.3) is 10.9 Å². The van der Waals surface area contributed by atoms with Gasteiger partial charge in [0.2, 0.25) is 15.9 Å². The molecule has 3 aromatic rings. The van der Waals surface area contributed by atoms with Crippen LogP contribution in [-0.2, 0) is 26.0 Å². The van der Waals surface area contributed by atoms with E-state index in [1.54, 1.807) is 0 Å². The molecule has 0 aliphatic heterocycles. The quantitative estimate of drug-likeness (QED) is 0.264. The van der Waals surface area contributed by atoms with Crippen LogP contribution in [-0.4, -0.2) is 53.8 Å². The number of sulfonamides is 1. The molecule has 10 heteroatoms. The van der Waals surface area contributed by atoms with E-state index in [0.29, 0.717) is 37.8 Å². The van der Waals surface area contributed by atoms with Crippen LogP contribution in [0.2, 0.25) is 0 Å². The summed E-state index contributed by atoms with van der Waals surface area (Å²) in [5, 5.41) is 22.9. The molecule has 0 radical (unpaired) electrons. The number of carbonyl (C=O) groups excluding carboxylic acids is 1. The van der Waals surface area contributed by atoms with Crippen molar-refractivity contribution in [3.8, 4) is 6.07 Å². The van der Waals surface area contributed by atoms with E-state index in [9.17, 15) is 23.1 Å². The molecule has 0 aliphatic carbocycles. The average molecular weight is 539 g/mol. The van der Waals surface area contributed by atoms with Gasteiger partial charge in [0.1, 0.15) is 6.04 Å². The van der Waals surface area contributed by atoms with Gasteiger partial charge in [0.15, 0.2) is 0 Å². The van der Waals surface area contributed by atoms with Gasteiger partial charge in [-0.1, -0.05) is 32.0 Å². The van der Waals surface area contributed by atoms with Crippen LogP contribution in [0.1, 0.15) is 50.7 Å². The summed E-state index contributed by atoms with van der Waals surface area (Å²) in [7, 11) is -4.10. The predicted octanol–water partition coefficient (Wildman–Crippen LogP) is 4.06. The molecular weight excluding hydrogens is 504 g/mol. The van der Waals surface area contributed by atoms with E-state index in [1.165, 1.54) is 24.3 Å². The number of para-hydroxylation sites is 1. The first-order valence-electron chi connectivity index (χ1n) is 12.7. The lowest BCUT2D eigenvalue weighted by Gasteiger charge is -2.29. The number of benzene rings is 2. The van der Waals surface area contributed by atoms with Gasteiger partial charge in [-0.15, -0.1) is 0 Å². The highest BCUT2D eigenvalue weighted by Crippen LogP contribution is 2.23.